The molecule has 2 aromatic heterocycles. The molecule has 0 radical (unpaired) electrons. The lowest BCUT2D eigenvalue weighted by atomic mass is 9.89. The van der Waals surface area contributed by atoms with Crippen LogP contribution in [0.3, 0.4) is 0 Å². The van der Waals surface area contributed by atoms with Crippen LogP contribution in [0.2, 0.25) is 0 Å². The molecule has 8 heteroatoms. The first kappa shape index (κ1) is 23.8. The molecule has 3 rings (SSSR count). The summed E-state index contributed by atoms with van der Waals surface area (Å²) in [6.07, 6.45) is 6.37. The Hall–Kier alpha value is -2.84. The van der Waals surface area contributed by atoms with Gasteiger partial charge in [0.1, 0.15) is 5.03 Å². The van der Waals surface area contributed by atoms with Crippen LogP contribution in [-0.4, -0.2) is 32.4 Å². The van der Waals surface area contributed by atoms with E-state index in [-0.39, 0.29) is 12.3 Å². The predicted molar refractivity (Wildman–Crippen MR) is 127 cm³/mol. The molecule has 1 aromatic carbocycles. The van der Waals surface area contributed by atoms with Crippen LogP contribution in [-0.2, 0) is 17.8 Å². The summed E-state index contributed by atoms with van der Waals surface area (Å²) in [6, 6.07) is 11.6. The Bertz CT molecular complexity index is 1040. The number of rotatable bonds is 12. The second-order valence-corrected chi connectivity index (χ2v) is 8.55. The van der Waals surface area contributed by atoms with Crippen LogP contribution >= 0.6 is 11.9 Å². The van der Waals surface area contributed by atoms with Gasteiger partial charge in [-0.3, -0.25) is 14.6 Å². The van der Waals surface area contributed by atoms with E-state index in [1.807, 2.05) is 41.1 Å². The maximum Gasteiger partial charge on any atom is 0.307 e. The van der Waals surface area contributed by atoms with E-state index in [4.69, 9.17) is 9.88 Å². The molecule has 0 bridgehead atoms. The van der Waals surface area contributed by atoms with E-state index in [1.165, 1.54) is 11.9 Å². The van der Waals surface area contributed by atoms with Gasteiger partial charge in [-0.25, -0.2) is 4.98 Å². The summed E-state index contributed by atoms with van der Waals surface area (Å²) < 4.78 is 7.79. The highest BCUT2D eigenvalue weighted by atomic mass is 32.2. The number of pyridine rings is 1. The fourth-order valence-corrected chi connectivity index (χ4v) is 4.13. The third-order valence-electron chi connectivity index (χ3n) is 5.27. The largest absolute Gasteiger partial charge is 0.481 e. The Morgan fingerprint density at radius 3 is 2.78 bits per heavy atom. The first-order chi connectivity index (χ1) is 15.5. The summed E-state index contributed by atoms with van der Waals surface area (Å²) in [6.45, 7) is 5.56. The summed E-state index contributed by atoms with van der Waals surface area (Å²) in [5, 5.41) is 20.3. The van der Waals surface area contributed by atoms with Crippen molar-refractivity contribution in [2.75, 3.05) is 6.61 Å². The van der Waals surface area contributed by atoms with Gasteiger partial charge in [0.25, 0.3) is 0 Å². The topological polar surface area (TPSA) is 103 Å². The highest BCUT2D eigenvalue weighted by Crippen LogP contribution is 2.32. The van der Waals surface area contributed by atoms with E-state index < -0.39 is 5.97 Å². The molecule has 0 spiro atoms. The van der Waals surface area contributed by atoms with Crippen molar-refractivity contribution in [1.29, 1.82) is 0 Å². The quantitative estimate of drug-likeness (QED) is 0.296. The average Bonchev–Trinajstić information content (AvgIpc) is 3.23. The lowest BCUT2D eigenvalue weighted by Gasteiger charge is -2.17. The number of nitrogens with two attached hydrogens (primary N) is 1. The van der Waals surface area contributed by atoms with Crippen molar-refractivity contribution in [3.8, 4) is 17.0 Å². The Balaban J connectivity index is 1.60. The van der Waals surface area contributed by atoms with Gasteiger partial charge in [0.05, 0.1) is 19.2 Å². The Morgan fingerprint density at radius 1 is 1.19 bits per heavy atom. The zero-order valence-electron chi connectivity index (χ0n) is 18.5. The van der Waals surface area contributed by atoms with Crippen LogP contribution in [0.1, 0.15) is 50.2 Å². The van der Waals surface area contributed by atoms with E-state index in [9.17, 15) is 9.90 Å². The first-order valence-corrected chi connectivity index (χ1v) is 11.7. The molecular weight excluding hydrogens is 424 g/mol. The summed E-state index contributed by atoms with van der Waals surface area (Å²) in [5.74, 6) is -0.0482. The number of ether oxygens (including phenoxy) is 1. The standard InChI is InChI=1S/C24H30N4O3S/c1-17(2)19-7-6-8-20(21(19)16-24(29)30)18-9-11-26-22(15-18)31-14-5-3-4-13-28-23(32-25)10-12-27-28/h6-12,15,17H,3-5,13-14,16,25H2,1-2H3,(H,29,30). The normalized spacial score (nSPS) is 11.1. The molecule has 7 nitrogen and oxygen atoms in total. The Kier molecular flexibility index (Phi) is 8.70. The highest BCUT2D eigenvalue weighted by Gasteiger charge is 2.16. The number of aromatic nitrogens is 3. The lowest BCUT2D eigenvalue weighted by Crippen LogP contribution is -2.07. The van der Waals surface area contributed by atoms with Gasteiger partial charge in [-0.15, -0.1) is 0 Å². The molecule has 0 amide bonds. The number of nitrogens with zero attached hydrogens (tertiary/aromatic N) is 3. The molecule has 0 aliphatic heterocycles. The van der Waals surface area contributed by atoms with Crippen molar-refractivity contribution in [2.45, 2.75) is 57.0 Å². The molecule has 3 N–H and O–H groups in total. The molecule has 32 heavy (non-hydrogen) atoms. The van der Waals surface area contributed by atoms with E-state index in [2.05, 4.69) is 23.9 Å². The molecule has 0 atom stereocenters. The van der Waals surface area contributed by atoms with E-state index in [0.717, 1.165) is 53.1 Å². The number of hydrogen-bond acceptors (Lipinski definition) is 6. The van der Waals surface area contributed by atoms with Crippen LogP contribution in [0, 0.1) is 0 Å². The molecular formula is C24H30N4O3S. The molecule has 0 fully saturated rings. The maximum atomic E-state index is 11.5. The number of unbranched alkanes of at least 4 members (excludes halogenated alkanes) is 2. The number of aliphatic carboxylic acids is 1. The predicted octanol–water partition coefficient (Wildman–Crippen LogP) is 4.91. The van der Waals surface area contributed by atoms with Crippen LogP contribution < -0.4 is 9.88 Å². The van der Waals surface area contributed by atoms with Gasteiger partial charge in [-0.1, -0.05) is 32.0 Å². The number of carboxylic acids is 1. The summed E-state index contributed by atoms with van der Waals surface area (Å²) in [4.78, 5) is 15.8. The van der Waals surface area contributed by atoms with Gasteiger partial charge in [0, 0.05) is 18.8 Å². The number of aryl methyl sites for hydroxylation is 1. The molecule has 170 valence electrons. The molecule has 3 aromatic rings. The summed E-state index contributed by atoms with van der Waals surface area (Å²) in [5.41, 5.74) is 3.73. The van der Waals surface area contributed by atoms with Crippen molar-refractivity contribution in [1.82, 2.24) is 14.8 Å². The van der Waals surface area contributed by atoms with E-state index in [0.29, 0.717) is 12.5 Å². The zero-order valence-corrected chi connectivity index (χ0v) is 19.3. The molecule has 0 aliphatic carbocycles. The van der Waals surface area contributed by atoms with Gasteiger partial charge < -0.3 is 9.84 Å². The van der Waals surface area contributed by atoms with E-state index in [1.54, 1.807) is 12.4 Å². The summed E-state index contributed by atoms with van der Waals surface area (Å²) >= 11 is 1.21. The number of carboxylic acid groups (broad SMARTS) is 1. The SMILES string of the molecule is CC(C)c1cccc(-c2ccnc(OCCCCCn3nccc3SN)c2)c1CC(=O)O. The molecule has 0 aliphatic rings. The second kappa shape index (κ2) is 11.7. The fourth-order valence-electron chi connectivity index (χ4n) is 3.73. The van der Waals surface area contributed by atoms with Crippen molar-refractivity contribution in [3.63, 3.8) is 0 Å². The zero-order chi connectivity index (χ0) is 22.9. The molecule has 2 heterocycles. The minimum Gasteiger partial charge on any atom is -0.481 e. The molecule has 0 unspecified atom stereocenters. The second-order valence-electron chi connectivity index (χ2n) is 7.90. The third-order valence-corrected chi connectivity index (χ3v) is 5.86. The smallest absolute Gasteiger partial charge is 0.307 e. The van der Waals surface area contributed by atoms with Crippen LogP contribution in [0.15, 0.2) is 53.8 Å². The van der Waals surface area contributed by atoms with Crippen molar-refractivity contribution < 1.29 is 14.6 Å². The van der Waals surface area contributed by atoms with Crippen molar-refractivity contribution in [2.24, 2.45) is 5.14 Å². The van der Waals surface area contributed by atoms with Gasteiger partial charge >= 0.3 is 5.97 Å². The number of carbonyl (C=O) groups is 1. The number of hydrogen-bond donors (Lipinski definition) is 2. The van der Waals surface area contributed by atoms with Gasteiger partial charge in [0.15, 0.2) is 0 Å². The Morgan fingerprint density at radius 2 is 2.03 bits per heavy atom. The first-order valence-electron chi connectivity index (χ1n) is 10.8. The van der Waals surface area contributed by atoms with Gasteiger partial charge in [0.2, 0.25) is 5.88 Å². The van der Waals surface area contributed by atoms with Crippen LogP contribution in [0.4, 0.5) is 0 Å². The third kappa shape index (κ3) is 6.34. The summed E-state index contributed by atoms with van der Waals surface area (Å²) in [7, 11) is 0. The highest BCUT2D eigenvalue weighted by molar-refractivity contribution is 7.97. The average molecular weight is 455 g/mol. The lowest BCUT2D eigenvalue weighted by molar-refractivity contribution is -0.136. The van der Waals surface area contributed by atoms with Gasteiger partial charge in [-0.05, 0) is 71.5 Å². The molecule has 0 saturated heterocycles. The minimum atomic E-state index is -0.836. The fraction of sp³-hybridized carbons (Fsp3) is 0.375. The van der Waals surface area contributed by atoms with E-state index >= 15 is 0 Å². The maximum absolute atomic E-state index is 11.5. The molecule has 0 saturated carbocycles. The van der Waals surface area contributed by atoms with Crippen LogP contribution in [0.5, 0.6) is 5.88 Å². The number of benzene rings is 1. The minimum absolute atomic E-state index is 0.0111. The Labute approximate surface area is 193 Å². The van der Waals surface area contributed by atoms with Crippen molar-refractivity contribution in [3.05, 3.63) is 59.9 Å². The van der Waals surface area contributed by atoms with Gasteiger partial charge in [-0.2, -0.15) is 5.10 Å². The monoisotopic (exact) mass is 454 g/mol. The van der Waals surface area contributed by atoms with Crippen LogP contribution in [0.25, 0.3) is 11.1 Å². The van der Waals surface area contributed by atoms with Crippen molar-refractivity contribution >= 4 is 17.9 Å².